The fourth-order valence-corrected chi connectivity index (χ4v) is 2.82. The van der Waals surface area contributed by atoms with Gasteiger partial charge in [-0.05, 0) is 54.1 Å². The van der Waals surface area contributed by atoms with E-state index in [4.69, 9.17) is 19.3 Å². The van der Waals surface area contributed by atoms with Crippen LogP contribution in [0.5, 0.6) is 17.2 Å². The summed E-state index contributed by atoms with van der Waals surface area (Å²) in [6.45, 7) is 0.194. The summed E-state index contributed by atoms with van der Waals surface area (Å²) in [4.78, 5) is 23.3. The Balaban J connectivity index is 1.70. The van der Waals surface area contributed by atoms with E-state index in [2.05, 4.69) is 10.5 Å². The number of aromatic carboxylic acids is 1. The van der Waals surface area contributed by atoms with E-state index in [1.54, 1.807) is 61.7 Å². The molecule has 0 spiro atoms. The second-order valence-corrected chi connectivity index (χ2v) is 6.60. The topological polar surface area (TPSA) is 106 Å². The van der Waals surface area contributed by atoms with E-state index < -0.39 is 5.97 Å². The number of carbonyl (C=O) groups excluding carboxylic acids is 1. The highest BCUT2D eigenvalue weighted by Gasteiger charge is 2.11. The first-order valence-electron chi connectivity index (χ1n) is 9.61. The van der Waals surface area contributed by atoms with E-state index in [1.165, 1.54) is 25.5 Å². The number of carboxylic acids is 1. The third kappa shape index (κ3) is 5.63. The molecule has 3 rings (SSSR count). The summed E-state index contributed by atoms with van der Waals surface area (Å²) in [5, 5.41) is 13.0. The van der Waals surface area contributed by atoms with Crippen LogP contribution >= 0.6 is 0 Å². The number of hydrogen-bond donors (Lipinski definition) is 2. The number of hydrazone groups is 1. The van der Waals surface area contributed by atoms with E-state index in [-0.39, 0.29) is 18.1 Å². The van der Waals surface area contributed by atoms with Crippen molar-refractivity contribution in [3.63, 3.8) is 0 Å². The Labute approximate surface area is 185 Å². The predicted molar refractivity (Wildman–Crippen MR) is 119 cm³/mol. The zero-order chi connectivity index (χ0) is 22.9. The van der Waals surface area contributed by atoms with Gasteiger partial charge >= 0.3 is 5.97 Å². The molecule has 1 amide bonds. The van der Waals surface area contributed by atoms with Crippen LogP contribution in [-0.2, 0) is 6.61 Å². The first-order valence-corrected chi connectivity index (χ1v) is 9.61. The van der Waals surface area contributed by atoms with Crippen molar-refractivity contribution < 1.29 is 28.9 Å². The van der Waals surface area contributed by atoms with Crippen LogP contribution < -0.4 is 19.6 Å². The van der Waals surface area contributed by atoms with Gasteiger partial charge in [0.15, 0.2) is 11.5 Å². The van der Waals surface area contributed by atoms with Gasteiger partial charge in [-0.1, -0.05) is 18.2 Å². The van der Waals surface area contributed by atoms with Gasteiger partial charge in [0, 0.05) is 11.1 Å². The minimum Gasteiger partial charge on any atom is -0.497 e. The van der Waals surface area contributed by atoms with E-state index in [0.717, 1.165) is 5.56 Å². The summed E-state index contributed by atoms with van der Waals surface area (Å²) >= 11 is 0. The second kappa shape index (κ2) is 10.6. The Morgan fingerprint density at radius 1 is 0.938 bits per heavy atom. The molecule has 164 valence electrons. The number of amides is 1. The van der Waals surface area contributed by atoms with Gasteiger partial charge in [-0.15, -0.1) is 0 Å². The van der Waals surface area contributed by atoms with Gasteiger partial charge in [-0.2, -0.15) is 5.10 Å². The molecule has 0 heterocycles. The van der Waals surface area contributed by atoms with Gasteiger partial charge < -0.3 is 19.3 Å². The van der Waals surface area contributed by atoms with Crippen molar-refractivity contribution >= 4 is 18.1 Å². The Bertz CT molecular complexity index is 1110. The highest BCUT2D eigenvalue weighted by atomic mass is 16.5. The lowest BCUT2D eigenvalue weighted by Crippen LogP contribution is -2.17. The minimum absolute atomic E-state index is 0.194. The number of hydrogen-bond acceptors (Lipinski definition) is 6. The highest BCUT2D eigenvalue weighted by Crippen LogP contribution is 2.30. The summed E-state index contributed by atoms with van der Waals surface area (Å²) in [6, 6.07) is 18.3. The lowest BCUT2D eigenvalue weighted by atomic mass is 10.1. The van der Waals surface area contributed by atoms with Gasteiger partial charge in [0.25, 0.3) is 5.91 Å². The average molecular weight is 434 g/mol. The van der Waals surface area contributed by atoms with Crippen LogP contribution in [0.15, 0.2) is 71.8 Å². The molecular weight excluding hydrogens is 412 g/mol. The monoisotopic (exact) mass is 434 g/mol. The van der Waals surface area contributed by atoms with E-state index in [1.807, 2.05) is 0 Å². The molecule has 0 aromatic heterocycles. The first-order chi connectivity index (χ1) is 15.5. The largest absolute Gasteiger partial charge is 0.497 e. The number of benzene rings is 3. The number of ether oxygens (including phenoxy) is 3. The number of methoxy groups -OCH3 is 2. The Hall–Kier alpha value is -4.33. The van der Waals surface area contributed by atoms with Crippen LogP contribution in [0.25, 0.3) is 0 Å². The highest BCUT2D eigenvalue weighted by molar-refractivity contribution is 5.95. The zero-order valence-electron chi connectivity index (χ0n) is 17.6. The smallest absolute Gasteiger partial charge is 0.335 e. The van der Waals surface area contributed by atoms with Crippen molar-refractivity contribution in [1.82, 2.24) is 5.43 Å². The molecule has 0 fully saturated rings. The molecule has 32 heavy (non-hydrogen) atoms. The third-order valence-electron chi connectivity index (χ3n) is 4.54. The lowest BCUT2D eigenvalue weighted by Gasteiger charge is -2.13. The normalized spacial score (nSPS) is 10.6. The number of nitrogens with zero attached hydrogens (tertiary/aromatic N) is 1. The zero-order valence-corrected chi connectivity index (χ0v) is 17.6. The molecule has 0 aliphatic rings. The Kier molecular flexibility index (Phi) is 7.42. The SMILES string of the molecule is COc1ccc(C(=O)N/N=C\c2cccc(OC)c2OCc2ccc(C(=O)O)cc2)cc1. The molecule has 0 atom stereocenters. The summed E-state index contributed by atoms with van der Waals surface area (Å²) < 4.78 is 16.4. The molecule has 2 N–H and O–H groups in total. The van der Waals surface area contributed by atoms with Crippen LogP contribution in [0.2, 0.25) is 0 Å². The second-order valence-electron chi connectivity index (χ2n) is 6.60. The molecule has 0 bridgehead atoms. The van der Waals surface area contributed by atoms with Gasteiger partial charge in [-0.25, -0.2) is 10.2 Å². The standard InChI is InChI=1S/C24H22N2O6/c1-30-20-12-10-17(11-13-20)23(27)26-25-14-19-4-3-5-21(31-2)22(19)32-15-16-6-8-18(9-7-16)24(28)29/h3-14H,15H2,1-2H3,(H,26,27)(H,28,29)/b25-14-. The summed E-state index contributed by atoms with van der Waals surface area (Å²) in [5.74, 6) is 0.239. The Morgan fingerprint density at radius 3 is 2.25 bits per heavy atom. The number of nitrogens with one attached hydrogen (secondary N) is 1. The quantitative estimate of drug-likeness (QED) is 0.393. The maximum atomic E-state index is 12.3. The van der Waals surface area contributed by atoms with Gasteiger partial charge in [0.2, 0.25) is 0 Å². The van der Waals surface area contributed by atoms with E-state index in [0.29, 0.717) is 28.4 Å². The Morgan fingerprint density at radius 2 is 1.62 bits per heavy atom. The van der Waals surface area contributed by atoms with Crippen molar-refractivity contribution in [1.29, 1.82) is 0 Å². The van der Waals surface area contributed by atoms with Crippen molar-refractivity contribution in [2.45, 2.75) is 6.61 Å². The fourth-order valence-electron chi connectivity index (χ4n) is 2.82. The average Bonchev–Trinajstić information content (AvgIpc) is 2.83. The van der Waals surface area contributed by atoms with E-state index >= 15 is 0 Å². The maximum absolute atomic E-state index is 12.3. The molecule has 0 aliphatic carbocycles. The van der Waals surface area contributed by atoms with Crippen LogP contribution in [0.3, 0.4) is 0 Å². The maximum Gasteiger partial charge on any atom is 0.335 e. The molecular formula is C24H22N2O6. The van der Waals surface area contributed by atoms with Crippen molar-refractivity contribution in [2.75, 3.05) is 14.2 Å². The fraction of sp³-hybridized carbons (Fsp3) is 0.125. The predicted octanol–water partition coefficient (Wildman–Crippen LogP) is 3.74. The molecule has 8 heteroatoms. The van der Waals surface area contributed by atoms with Crippen molar-refractivity contribution in [2.24, 2.45) is 5.10 Å². The lowest BCUT2D eigenvalue weighted by molar-refractivity contribution is 0.0696. The molecule has 0 aliphatic heterocycles. The number of carbonyl (C=O) groups is 2. The molecule has 8 nitrogen and oxygen atoms in total. The summed E-state index contributed by atoms with van der Waals surface area (Å²) in [7, 11) is 3.08. The van der Waals surface area contributed by atoms with Crippen LogP contribution in [0, 0.1) is 0 Å². The minimum atomic E-state index is -0.989. The first kappa shape index (κ1) is 22.4. The number of para-hydroxylation sites is 1. The van der Waals surface area contributed by atoms with Crippen LogP contribution in [0.1, 0.15) is 31.8 Å². The van der Waals surface area contributed by atoms with Crippen molar-refractivity contribution in [3.05, 3.63) is 89.0 Å². The number of carboxylic acid groups (broad SMARTS) is 1. The molecule has 0 saturated carbocycles. The summed E-state index contributed by atoms with van der Waals surface area (Å²) in [6.07, 6.45) is 1.47. The van der Waals surface area contributed by atoms with Gasteiger partial charge in [0.05, 0.1) is 26.0 Å². The van der Waals surface area contributed by atoms with E-state index in [9.17, 15) is 9.59 Å². The van der Waals surface area contributed by atoms with Gasteiger partial charge in [-0.3, -0.25) is 4.79 Å². The van der Waals surface area contributed by atoms with Gasteiger partial charge in [0.1, 0.15) is 12.4 Å². The van der Waals surface area contributed by atoms with Crippen LogP contribution in [-0.4, -0.2) is 37.4 Å². The summed E-state index contributed by atoms with van der Waals surface area (Å²) in [5.41, 5.74) is 4.51. The van der Waals surface area contributed by atoms with Crippen LogP contribution in [0.4, 0.5) is 0 Å². The third-order valence-corrected chi connectivity index (χ3v) is 4.54. The van der Waals surface area contributed by atoms with Crippen molar-refractivity contribution in [3.8, 4) is 17.2 Å². The number of rotatable bonds is 9. The molecule has 0 radical (unpaired) electrons. The molecule has 3 aromatic carbocycles. The molecule has 3 aromatic rings. The molecule has 0 unspecified atom stereocenters. The molecule has 0 saturated heterocycles.